The summed E-state index contributed by atoms with van der Waals surface area (Å²) in [5.74, 6) is -3.31. The zero-order chi connectivity index (χ0) is 29.4. The van der Waals surface area contributed by atoms with Gasteiger partial charge in [-0.05, 0) is 73.1 Å². The maximum atomic E-state index is 12.2. The van der Waals surface area contributed by atoms with Gasteiger partial charge in [0.25, 0.3) is 0 Å². The molecule has 12 heteroatoms. The van der Waals surface area contributed by atoms with Crippen molar-refractivity contribution in [2.45, 2.75) is 98.2 Å². The molecule has 0 fully saturated rings. The maximum Gasteiger partial charge on any atom is 0.514 e. The second-order valence-corrected chi connectivity index (χ2v) is 10.3. The Hall–Kier alpha value is -3.54. The van der Waals surface area contributed by atoms with E-state index >= 15 is 0 Å². The van der Waals surface area contributed by atoms with Crippen LogP contribution in [0.3, 0.4) is 0 Å². The fraction of sp³-hybridized carbons (Fsp3) is 0.615. The fourth-order valence-electron chi connectivity index (χ4n) is 3.33. The lowest BCUT2D eigenvalue weighted by atomic mass is 9.79. The Kier molecular flexibility index (Phi) is 11.8. The van der Waals surface area contributed by atoms with Gasteiger partial charge in [-0.2, -0.15) is 0 Å². The van der Waals surface area contributed by atoms with Crippen LogP contribution in [0, 0.1) is 5.92 Å². The van der Waals surface area contributed by atoms with Crippen molar-refractivity contribution < 1.29 is 52.7 Å². The average Bonchev–Trinajstić information content (AvgIpc) is 2.72. The summed E-state index contributed by atoms with van der Waals surface area (Å²) in [5.41, 5.74) is 5.56. The number of benzene rings is 1. The molecule has 38 heavy (non-hydrogen) atoms. The van der Waals surface area contributed by atoms with E-state index in [1.807, 2.05) is 0 Å². The van der Waals surface area contributed by atoms with Gasteiger partial charge in [-0.15, -0.1) is 0 Å². The van der Waals surface area contributed by atoms with E-state index in [1.165, 1.54) is 18.2 Å². The summed E-state index contributed by atoms with van der Waals surface area (Å²) in [5, 5.41) is 9.70. The summed E-state index contributed by atoms with van der Waals surface area (Å²) in [6, 6.07) is 2.64. The molecule has 12 nitrogen and oxygen atoms in total. The van der Waals surface area contributed by atoms with Gasteiger partial charge in [0, 0.05) is 11.8 Å². The smallest absolute Gasteiger partial charge is 0.480 e. The summed E-state index contributed by atoms with van der Waals surface area (Å²) in [6.07, 6.45) is -4.84. The minimum absolute atomic E-state index is 0.173. The van der Waals surface area contributed by atoms with E-state index in [2.05, 4.69) is 0 Å². The van der Waals surface area contributed by atoms with E-state index < -0.39 is 66.2 Å². The molecule has 0 bridgehead atoms. The number of rotatable bonds is 10. The minimum Gasteiger partial charge on any atom is -0.480 e. The molecular formula is C26H39NO11. The summed E-state index contributed by atoms with van der Waals surface area (Å²) < 4.78 is 31.0. The molecule has 1 aromatic rings. The molecule has 0 aliphatic rings. The lowest BCUT2D eigenvalue weighted by Crippen LogP contribution is -2.43. The van der Waals surface area contributed by atoms with Crippen LogP contribution in [0.4, 0.5) is 14.4 Å². The highest BCUT2D eigenvalue weighted by molar-refractivity contribution is 5.75. The van der Waals surface area contributed by atoms with Crippen molar-refractivity contribution in [2.75, 3.05) is 0 Å². The predicted octanol–water partition coefficient (Wildman–Crippen LogP) is 5.01. The number of carbonyl (C=O) groups excluding carboxylic acids is 3. The number of carbonyl (C=O) groups is 4. The van der Waals surface area contributed by atoms with Crippen LogP contribution >= 0.6 is 0 Å². The van der Waals surface area contributed by atoms with Crippen molar-refractivity contribution in [1.82, 2.24) is 0 Å². The largest absolute Gasteiger partial charge is 0.514 e. The molecule has 3 N–H and O–H groups in total. The van der Waals surface area contributed by atoms with Gasteiger partial charge < -0.3 is 39.3 Å². The van der Waals surface area contributed by atoms with Gasteiger partial charge in [0.2, 0.25) is 0 Å². The lowest BCUT2D eigenvalue weighted by Gasteiger charge is -2.32. The first-order valence-electron chi connectivity index (χ1n) is 12.2. The summed E-state index contributed by atoms with van der Waals surface area (Å²) in [7, 11) is 0. The quantitative estimate of drug-likeness (QED) is 0.231. The second-order valence-electron chi connectivity index (χ2n) is 10.3. The Morgan fingerprint density at radius 2 is 1.29 bits per heavy atom. The van der Waals surface area contributed by atoms with E-state index in [9.17, 15) is 24.3 Å². The molecule has 0 saturated heterocycles. The molecule has 4 atom stereocenters. The Balaban J connectivity index is 3.43. The normalized spacial score (nSPS) is 14.6. The van der Waals surface area contributed by atoms with E-state index in [-0.39, 0.29) is 11.5 Å². The van der Waals surface area contributed by atoms with Crippen molar-refractivity contribution in [1.29, 1.82) is 0 Å². The molecule has 0 aliphatic heterocycles. The Morgan fingerprint density at radius 1 is 0.789 bits per heavy atom. The lowest BCUT2D eigenvalue weighted by molar-refractivity contribution is -0.139. The molecule has 1 aromatic carbocycles. The predicted molar refractivity (Wildman–Crippen MR) is 135 cm³/mol. The highest BCUT2D eigenvalue weighted by atomic mass is 16.8. The average molecular weight is 542 g/mol. The third-order valence-corrected chi connectivity index (χ3v) is 5.05. The van der Waals surface area contributed by atoms with Crippen LogP contribution in [0.25, 0.3) is 0 Å². The van der Waals surface area contributed by atoms with Crippen molar-refractivity contribution in [3.05, 3.63) is 23.8 Å². The first kappa shape index (κ1) is 32.5. The molecule has 0 amide bonds. The van der Waals surface area contributed by atoms with E-state index in [0.717, 1.165) is 0 Å². The third kappa shape index (κ3) is 10.8. The first-order chi connectivity index (χ1) is 17.4. The zero-order valence-corrected chi connectivity index (χ0v) is 23.3. The van der Waals surface area contributed by atoms with E-state index in [4.69, 9.17) is 34.2 Å². The number of nitrogens with two attached hydrogens (primary N) is 1. The number of carboxylic acids is 1. The van der Waals surface area contributed by atoms with Crippen LogP contribution in [-0.4, -0.2) is 59.5 Å². The van der Waals surface area contributed by atoms with Crippen LogP contribution in [-0.2, 0) is 23.7 Å². The molecule has 0 spiro atoms. The Morgan fingerprint density at radius 3 is 1.74 bits per heavy atom. The molecule has 0 saturated carbocycles. The molecular weight excluding hydrogens is 502 g/mol. The maximum absolute atomic E-state index is 12.2. The van der Waals surface area contributed by atoms with Crippen LogP contribution in [0.2, 0.25) is 0 Å². The van der Waals surface area contributed by atoms with Gasteiger partial charge in [-0.3, -0.25) is 4.79 Å². The number of hydrogen-bond donors (Lipinski definition) is 2. The van der Waals surface area contributed by atoms with Gasteiger partial charge in [-0.1, -0.05) is 13.0 Å². The van der Waals surface area contributed by atoms with Gasteiger partial charge >= 0.3 is 24.4 Å². The van der Waals surface area contributed by atoms with Gasteiger partial charge in [0.15, 0.2) is 11.5 Å². The minimum atomic E-state index is -1.44. The monoisotopic (exact) mass is 541 g/mol. The van der Waals surface area contributed by atoms with Crippen molar-refractivity contribution in [3.63, 3.8) is 0 Å². The number of hydrogen-bond acceptors (Lipinski definition) is 11. The zero-order valence-electron chi connectivity index (χ0n) is 23.3. The van der Waals surface area contributed by atoms with Crippen LogP contribution in [0.15, 0.2) is 18.2 Å². The molecule has 0 aromatic heterocycles. The first-order valence-corrected chi connectivity index (χ1v) is 12.2. The van der Waals surface area contributed by atoms with Gasteiger partial charge in [0.1, 0.15) is 17.7 Å². The Labute approximate surface area is 222 Å². The Bertz CT molecular complexity index is 984. The second kappa shape index (κ2) is 13.8. The van der Waals surface area contributed by atoms with Crippen LogP contribution in [0.5, 0.6) is 11.5 Å². The standard InChI is InChI=1S/C26H39NO11/c1-13(2)33-23(30)36-18-11-10-17(12-19(18)37-24(31)34-14(3)4)20(21(27)22(28)29)15(5)16(6)35-25(32)38-26(7,8)9/h10-16,20-21H,27H2,1-9H3,(H,28,29)/t15?,16?,20?,21-/m0/s1. The van der Waals surface area contributed by atoms with Crippen LogP contribution < -0.4 is 15.2 Å². The van der Waals surface area contributed by atoms with Crippen molar-refractivity contribution >= 4 is 24.4 Å². The van der Waals surface area contributed by atoms with Crippen molar-refractivity contribution in [2.24, 2.45) is 11.7 Å². The molecule has 0 heterocycles. The fourth-order valence-corrected chi connectivity index (χ4v) is 3.33. The summed E-state index contributed by atoms with van der Waals surface area (Å²) in [4.78, 5) is 48.4. The SMILES string of the molecule is CC(C)OC(=O)Oc1ccc(C(C(C)C(C)OC(=O)OC(C)(C)C)[C@H](N)C(=O)O)cc1OC(=O)OC(C)C. The molecule has 1 rings (SSSR count). The molecule has 0 radical (unpaired) electrons. The van der Waals surface area contributed by atoms with Gasteiger partial charge in [0.05, 0.1) is 12.2 Å². The summed E-state index contributed by atoms with van der Waals surface area (Å²) >= 11 is 0. The highest BCUT2D eigenvalue weighted by Crippen LogP contribution is 2.37. The number of ether oxygens (including phenoxy) is 6. The summed E-state index contributed by atoms with van der Waals surface area (Å²) in [6.45, 7) is 14.7. The third-order valence-electron chi connectivity index (χ3n) is 5.05. The molecule has 214 valence electrons. The van der Waals surface area contributed by atoms with Crippen molar-refractivity contribution in [3.8, 4) is 11.5 Å². The van der Waals surface area contributed by atoms with Gasteiger partial charge in [-0.25, -0.2) is 14.4 Å². The number of aliphatic carboxylic acids is 1. The highest BCUT2D eigenvalue weighted by Gasteiger charge is 2.36. The van der Waals surface area contributed by atoms with E-state index in [1.54, 1.807) is 62.3 Å². The molecule has 3 unspecified atom stereocenters. The number of carboxylic acid groups (broad SMARTS) is 1. The van der Waals surface area contributed by atoms with E-state index in [0.29, 0.717) is 5.56 Å². The topological polar surface area (TPSA) is 170 Å². The molecule has 0 aliphatic carbocycles. The van der Waals surface area contributed by atoms with Crippen LogP contribution in [0.1, 0.15) is 73.8 Å².